The van der Waals surface area contributed by atoms with Crippen LogP contribution in [0.5, 0.6) is 5.75 Å². The smallest absolute Gasteiger partial charge is 0.406 e. The summed E-state index contributed by atoms with van der Waals surface area (Å²) in [6, 6.07) is 2.65. The fourth-order valence-corrected chi connectivity index (χ4v) is 3.44. The van der Waals surface area contributed by atoms with E-state index in [2.05, 4.69) is 25.4 Å². The molecule has 0 saturated carbocycles. The van der Waals surface area contributed by atoms with Gasteiger partial charge in [0.15, 0.2) is 22.2 Å². The van der Waals surface area contributed by atoms with E-state index in [0.29, 0.717) is 16.5 Å². The molecule has 0 unspecified atom stereocenters. The summed E-state index contributed by atoms with van der Waals surface area (Å²) >= 11 is 1.38. The minimum atomic E-state index is -4.60. The van der Waals surface area contributed by atoms with Crippen LogP contribution in [-0.2, 0) is 6.18 Å². The van der Waals surface area contributed by atoms with Gasteiger partial charge in [-0.15, -0.1) is 11.3 Å². The fraction of sp³-hybridized carbons (Fsp3) is 0.167. The molecule has 0 aromatic carbocycles. The Morgan fingerprint density at radius 2 is 2.03 bits per heavy atom. The van der Waals surface area contributed by atoms with Crippen molar-refractivity contribution in [2.24, 2.45) is 0 Å². The van der Waals surface area contributed by atoms with Gasteiger partial charge < -0.3 is 4.74 Å². The number of carbonyl (C=O) groups excluding carboxylic acids is 1. The number of nitrogens with one attached hydrogen (secondary N) is 1. The Morgan fingerprint density at radius 3 is 2.70 bits per heavy atom. The number of carbonyl (C=O) groups is 1. The van der Waals surface area contributed by atoms with Crippen molar-refractivity contribution in [3.05, 3.63) is 53.1 Å². The molecule has 0 aliphatic carbocycles. The van der Waals surface area contributed by atoms with Gasteiger partial charge >= 0.3 is 12.3 Å². The van der Waals surface area contributed by atoms with Gasteiger partial charge in [-0.2, -0.15) is 13.2 Å². The van der Waals surface area contributed by atoms with Crippen LogP contribution in [0.4, 0.5) is 18.0 Å². The van der Waals surface area contributed by atoms with Gasteiger partial charge in [-0.05, 0) is 26.0 Å². The molecule has 12 heteroatoms. The zero-order valence-electron chi connectivity index (χ0n) is 15.6. The molecule has 0 radical (unpaired) electrons. The Balaban J connectivity index is 1.56. The number of nitrogens with zero attached hydrogens (tertiary/aromatic N) is 5. The van der Waals surface area contributed by atoms with Crippen molar-refractivity contribution in [3.8, 4) is 16.6 Å². The average Bonchev–Trinajstić information content (AvgIpc) is 3.27. The first-order chi connectivity index (χ1) is 14.2. The van der Waals surface area contributed by atoms with E-state index in [0.717, 1.165) is 16.6 Å². The summed E-state index contributed by atoms with van der Waals surface area (Å²) in [6.45, 7) is 3.46. The third kappa shape index (κ3) is 3.81. The quantitative estimate of drug-likeness (QED) is 0.516. The zero-order valence-corrected chi connectivity index (χ0v) is 16.4. The second-order valence-electron chi connectivity index (χ2n) is 6.22. The highest BCUT2D eigenvalue weighted by Gasteiger charge is 2.35. The van der Waals surface area contributed by atoms with Crippen molar-refractivity contribution in [3.63, 3.8) is 0 Å². The van der Waals surface area contributed by atoms with Gasteiger partial charge in [-0.25, -0.2) is 34.8 Å². The molecule has 0 fully saturated rings. The van der Waals surface area contributed by atoms with E-state index in [4.69, 9.17) is 4.74 Å². The fourth-order valence-electron chi connectivity index (χ4n) is 2.71. The van der Waals surface area contributed by atoms with Crippen LogP contribution in [-0.4, -0.2) is 30.7 Å². The topological polar surface area (TPSA) is 94.8 Å². The van der Waals surface area contributed by atoms with Gasteiger partial charge in [0, 0.05) is 28.9 Å². The maximum Gasteiger partial charge on any atom is 0.432 e. The molecule has 154 valence electrons. The number of fused-ring (bicyclic) bond motifs is 1. The Kier molecular flexibility index (Phi) is 4.86. The van der Waals surface area contributed by atoms with Crippen molar-refractivity contribution in [2.45, 2.75) is 20.0 Å². The standard InChI is InChI=1S/C18H13F3N6O2S/c1-9-8-30-16(24-9)14-23-6-13(10(2)25-14)29-17(28)26-27-7-12(18(19,20)21)11-4-3-5-22-15(11)27/h3-8H,1-2H3,(H,26,28). The van der Waals surface area contributed by atoms with E-state index in [9.17, 15) is 18.0 Å². The van der Waals surface area contributed by atoms with E-state index < -0.39 is 17.8 Å². The van der Waals surface area contributed by atoms with Crippen molar-refractivity contribution in [2.75, 3.05) is 5.43 Å². The lowest BCUT2D eigenvalue weighted by Crippen LogP contribution is -2.26. The molecule has 0 atom stereocenters. The third-order valence-electron chi connectivity index (χ3n) is 4.03. The van der Waals surface area contributed by atoms with Crippen molar-refractivity contribution < 1.29 is 22.7 Å². The van der Waals surface area contributed by atoms with Gasteiger partial charge in [0.1, 0.15) is 0 Å². The number of aromatic nitrogens is 5. The number of halogens is 3. The van der Waals surface area contributed by atoms with Crippen LogP contribution in [0.1, 0.15) is 17.0 Å². The van der Waals surface area contributed by atoms with Gasteiger partial charge in [0.05, 0.1) is 17.5 Å². The summed E-state index contributed by atoms with van der Waals surface area (Å²) < 4.78 is 45.8. The van der Waals surface area contributed by atoms with Crippen LogP contribution in [0.3, 0.4) is 0 Å². The predicted molar refractivity (Wildman–Crippen MR) is 103 cm³/mol. The summed E-state index contributed by atoms with van der Waals surface area (Å²) in [5.74, 6) is 0.443. The summed E-state index contributed by atoms with van der Waals surface area (Å²) in [6.07, 6.45) is -2.25. The molecule has 4 heterocycles. The minimum absolute atomic E-state index is 0.0602. The first-order valence-electron chi connectivity index (χ1n) is 8.50. The zero-order chi connectivity index (χ0) is 21.5. The number of pyridine rings is 1. The van der Waals surface area contributed by atoms with Crippen molar-refractivity contribution in [1.82, 2.24) is 24.6 Å². The lowest BCUT2D eigenvalue weighted by atomic mass is 10.2. The SMILES string of the molecule is Cc1csc(-c2ncc(OC(=O)Nn3cc(C(F)(F)F)c4cccnc43)c(C)n2)n1. The molecular weight excluding hydrogens is 421 g/mol. The van der Waals surface area contributed by atoms with Crippen molar-refractivity contribution >= 4 is 28.5 Å². The first-order valence-corrected chi connectivity index (χ1v) is 9.38. The summed E-state index contributed by atoms with van der Waals surface area (Å²) in [5.41, 5.74) is 2.45. The molecular formula is C18H13F3N6O2S. The Hall–Kier alpha value is -3.54. The Morgan fingerprint density at radius 1 is 1.23 bits per heavy atom. The molecule has 1 N–H and O–H groups in total. The van der Waals surface area contributed by atoms with Gasteiger partial charge in [0.2, 0.25) is 0 Å². The van der Waals surface area contributed by atoms with Crippen molar-refractivity contribution in [1.29, 1.82) is 0 Å². The van der Waals surface area contributed by atoms with Gasteiger partial charge in [0.25, 0.3) is 0 Å². The molecule has 4 rings (SSSR count). The van der Waals surface area contributed by atoms with Crippen LogP contribution in [0.15, 0.2) is 36.1 Å². The monoisotopic (exact) mass is 434 g/mol. The van der Waals surface area contributed by atoms with E-state index in [1.807, 2.05) is 12.3 Å². The lowest BCUT2D eigenvalue weighted by Gasteiger charge is -2.09. The highest BCUT2D eigenvalue weighted by atomic mass is 32.1. The van der Waals surface area contributed by atoms with Crippen LogP contribution in [0, 0.1) is 13.8 Å². The van der Waals surface area contributed by atoms with Crippen LogP contribution in [0.2, 0.25) is 0 Å². The van der Waals surface area contributed by atoms with E-state index in [1.165, 1.54) is 35.9 Å². The van der Waals surface area contributed by atoms with Crippen LogP contribution >= 0.6 is 11.3 Å². The number of rotatable bonds is 3. The molecule has 8 nitrogen and oxygen atoms in total. The number of hydrogen-bond donors (Lipinski definition) is 1. The van der Waals surface area contributed by atoms with Crippen LogP contribution in [0.25, 0.3) is 21.9 Å². The molecule has 0 spiro atoms. The number of ether oxygens (including phenoxy) is 1. The molecule has 1 amide bonds. The number of alkyl halides is 3. The largest absolute Gasteiger partial charge is 0.432 e. The van der Waals surface area contributed by atoms with E-state index >= 15 is 0 Å². The Labute approximate surface area is 171 Å². The molecule has 0 bridgehead atoms. The average molecular weight is 434 g/mol. The number of aryl methyl sites for hydroxylation is 2. The van der Waals surface area contributed by atoms with Crippen LogP contribution < -0.4 is 10.2 Å². The highest BCUT2D eigenvalue weighted by Crippen LogP contribution is 2.35. The molecule has 0 saturated heterocycles. The number of amides is 1. The molecule has 0 aliphatic heterocycles. The third-order valence-corrected chi connectivity index (χ3v) is 4.98. The van der Waals surface area contributed by atoms with Gasteiger partial charge in [-0.1, -0.05) is 0 Å². The highest BCUT2D eigenvalue weighted by molar-refractivity contribution is 7.13. The normalized spacial score (nSPS) is 11.6. The second-order valence-corrected chi connectivity index (χ2v) is 7.08. The predicted octanol–water partition coefficient (Wildman–Crippen LogP) is 4.33. The minimum Gasteiger partial charge on any atom is -0.406 e. The Bertz CT molecular complexity index is 1250. The summed E-state index contributed by atoms with van der Waals surface area (Å²) in [5, 5.41) is 2.33. The maximum absolute atomic E-state index is 13.2. The van der Waals surface area contributed by atoms with E-state index in [1.54, 1.807) is 6.92 Å². The summed E-state index contributed by atoms with van der Waals surface area (Å²) in [7, 11) is 0. The second kappa shape index (κ2) is 7.37. The summed E-state index contributed by atoms with van der Waals surface area (Å²) in [4.78, 5) is 28.9. The maximum atomic E-state index is 13.2. The molecule has 0 aliphatic rings. The molecule has 30 heavy (non-hydrogen) atoms. The van der Waals surface area contributed by atoms with E-state index in [-0.39, 0.29) is 16.8 Å². The van der Waals surface area contributed by atoms with Gasteiger partial charge in [-0.3, -0.25) is 0 Å². The molecule has 4 aromatic heterocycles. The lowest BCUT2D eigenvalue weighted by molar-refractivity contribution is -0.136. The first kappa shape index (κ1) is 19.8. The molecule has 4 aromatic rings. The number of thiazole rings is 1. The number of hydrogen-bond acceptors (Lipinski definition) is 7.